The van der Waals surface area contributed by atoms with Gasteiger partial charge >= 0.3 is 24.3 Å². The number of likely N-dealkylation sites (N-methyl/N-ethyl adjacent to an activating group) is 1. The number of anilines is 1. The lowest BCUT2D eigenvalue weighted by Crippen LogP contribution is -2.43. The molecule has 39 heavy (non-hydrogen) atoms. The third kappa shape index (κ3) is 10.4. The molecule has 2 aliphatic heterocycles. The Morgan fingerprint density at radius 1 is 1.08 bits per heavy atom. The molecule has 3 atom stereocenters. The third-order valence-corrected chi connectivity index (χ3v) is 5.97. The quantitative estimate of drug-likeness (QED) is 0.511. The van der Waals surface area contributed by atoms with Crippen molar-refractivity contribution in [3.63, 3.8) is 0 Å². The summed E-state index contributed by atoms with van der Waals surface area (Å²) < 4.78 is 75.1. The second-order valence-corrected chi connectivity index (χ2v) is 9.05. The lowest BCUT2D eigenvalue weighted by atomic mass is 9.84. The number of piperidine rings is 1. The number of aliphatic carboxylic acids is 2. The number of aromatic nitrogens is 1. The summed E-state index contributed by atoms with van der Waals surface area (Å²) in [6.45, 7) is 6.85. The van der Waals surface area contributed by atoms with Crippen LogP contribution in [-0.2, 0) is 20.9 Å². The minimum atomic E-state index is -5.08. The van der Waals surface area contributed by atoms with Gasteiger partial charge in [-0.25, -0.2) is 14.6 Å². The van der Waals surface area contributed by atoms with Crippen molar-refractivity contribution in [2.45, 2.75) is 38.3 Å². The van der Waals surface area contributed by atoms with E-state index in [0.717, 1.165) is 50.1 Å². The molecule has 0 bridgehead atoms. The lowest BCUT2D eigenvalue weighted by Gasteiger charge is -2.37. The summed E-state index contributed by atoms with van der Waals surface area (Å²) >= 11 is 0. The van der Waals surface area contributed by atoms with E-state index >= 15 is 0 Å². The van der Waals surface area contributed by atoms with E-state index in [9.17, 15) is 26.3 Å². The van der Waals surface area contributed by atoms with Crippen LogP contribution >= 0.6 is 0 Å². The van der Waals surface area contributed by atoms with Gasteiger partial charge in [0.05, 0.1) is 25.5 Å². The first-order valence-electron chi connectivity index (χ1n) is 11.7. The van der Waals surface area contributed by atoms with E-state index < -0.39 is 24.3 Å². The molecular weight excluding hydrogens is 540 g/mol. The Labute approximate surface area is 220 Å². The highest BCUT2D eigenvalue weighted by Gasteiger charge is 2.41. The molecule has 0 aromatic carbocycles. The van der Waals surface area contributed by atoms with Crippen molar-refractivity contribution in [1.82, 2.24) is 9.88 Å². The number of halogens is 6. The molecule has 15 heteroatoms. The summed E-state index contributed by atoms with van der Waals surface area (Å²) in [5.41, 5.74) is 1.08. The smallest absolute Gasteiger partial charge is 0.475 e. The Morgan fingerprint density at radius 2 is 1.69 bits per heavy atom. The first-order valence-corrected chi connectivity index (χ1v) is 11.7. The number of carboxylic acids is 2. The molecule has 0 aliphatic carbocycles. The number of fused-ring (bicyclic) bond motifs is 1. The van der Waals surface area contributed by atoms with Crippen LogP contribution in [0, 0.1) is 18.8 Å². The fraction of sp³-hybridized carbons (Fsp3) is 0.542. The largest absolute Gasteiger partial charge is 0.490 e. The molecule has 0 saturated carbocycles. The van der Waals surface area contributed by atoms with Gasteiger partial charge in [-0.1, -0.05) is 6.07 Å². The SMILES string of the molecule is Cc1cccc(N2CC[C@H]3[C@H](CO[C@@H]3CN(C)Cc3ccco3)C2)n1.O=C(O)C(F)(F)F.O=C(O)C(F)(F)F. The number of aryl methyl sites for hydroxylation is 1. The van der Waals surface area contributed by atoms with Gasteiger partial charge < -0.3 is 24.3 Å². The second kappa shape index (κ2) is 13.6. The maximum Gasteiger partial charge on any atom is 0.490 e. The number of furan rings is 1. The van der Waals surface area contributed by atoms with Gasteiger partial charge in [0.2, 0.25) is 0 Å². The Hall–Kier alpha value is -3.33. The normalized spacial score (nSPS) is 20.8. The van der Waals surface area contributed by atoms with Gasteiger partial charge in [0.15, 0.2) is 0 Å². The van der Waals surface area contributed by atoms with E-state index in [-0.39, 0.29) is 0 Å². The Balaban J connectivity index is 0.000000317. The van der Waals surface area contributed by atoms with Crippen molar-refractivity contribution in [2.75, 3.05) is 38.2 Å². The topological polar surface area (TPSA) is 116 Å². The Bertz CT molecular complexity index is 1040. The molecule has 2 aromatic rings. The fourth-order valence-electron chi connectivity index (χ4n) is 4.23. The molecule has 2 aromatic heterocycles. The van der Waals surface area contributed by atoms with Crippen molar-refractivity contribution in [1.29, 1.82) is 0 Å². The van der Waals surface area contributed by atoms with E-state index in [1.54, 1.807) is 6.26 Å². The van der Waals surface area contributed by atoms with Crippen LogP contribution in [0.1, 0.15) is 17.9 Å². The molecule has 0 amide bonds. The highest BCUT2D eigenvalue weighted by Crippen LogP contribution is 2.36. The molecule has 0 unspecified atom stereocenters. The maximum atomic E-state index is 10.6. The number of hydrogen-bond acceptors (Lipinski definition) is 7. The Kier molecular flexibility index (Phi) is 11.2. The molecule has 0 spiro atoms. The van der Waals surface area contributed by atoms with Crippen LogP contribution in [0.15, 0.2) is 41.0 Å². The van der Waals surface area contributed by atoms with E-state index in [1.165, 1.54) is 6.42 Å². The summed E-state index contributed by atoms with van der Waals surface area (Å²) in [4.78, 5) is 27.2. The summed E-state index contributed by atoms with van der Waals surface area (Å²) in [7, 11) is 2.14. The van der Waals surface area contributed by atoms with Gasteiger partial charge in [-0.15, -0.1) is 0 Å². The van der Waals surface area contributed by atoms with Crippen LogP contribution in [0.2, 0.25) is 0 Å². The van der Waals surface area contributed by atoms with Crippen molar-refractivity contribution < 1.29 is 55.3 Å². The number of carbonyl (C=O) groups is 2. The molecule has 2 fully saturated rings. The van der Waals surface area contributed by atoms with Crippen LogP contribution in [0.5, 0.6) is 0 Å². The number of rotatable bonds is 5. The number of ether oxygens (including phenoxy) is 1. The number of alkyl halides is 6. The predicted molar refractivity (Wildman–Crippen MR) is 125 cm³/mol. The average Bonchev–Trinajstić information content (AvgIpc) is 3.48. The van der Waals surface area contributed by atoms with E-state index in [1.807, 2.05) is 12.1 Å². The minimum Gasteiger partial charge on any atom is -0.475 e. The number of carboxylic acid groups (broad SMARTS) is 2. The number of nitrogens with zero attached hydrogens (tertiary/aromatic N) is 3. The van der Waals surface area contributed by atoms with Crippen molar-refractivity contribution in [3.05, 3.63) is 48.0 Å². The van der Waals surface area contributed by atoms with Crippen molar-refractivity contribution >= 4 is 17.8 Å². The van der Waals surface area contributed by atoms with Gasteiger partial charge in [-0.3, -0.25) is 4.90 Å². The number of hydrogen-bond donors (Lipinski definition) is 2. The molecular formula is C24H29F6N3O6. The van der Waals surface area contributed by atoms with E-state index in [4.69, 9.17) is 29.0 Å². The maximum absolute atomic E-state index is 10.6. The lowest BCUT2D eigenvalue weighted by molar-refractivity contribution is -0.193. The highest BCUT2D eigenvalue weighted by atomic mass is 19.4. The summed E-state index contributed by atoms with van der Waals surface area (Å²) in [6, 6.07) is 10.3. The second-order valence-electron chi connectivity index (χ2n) is 9.05. The summed E-state index contributed by atoms with van der Waals surface area (Å²) in [6.07, 6.45) is -6.92. The van der Waals surface area contributed by atoms with Crippen LogP contribution in [-0.4, -0.2) is 83.8 Å². The van der Waals surface area contributed by atoms with Gasteiger partial charge in [-0.2, -0.15) is 26.3 Å². The van der Waals surface area contributed by atoms with Gasteiger partial charge in [0, 0.05) is 31.2 Å². The van der Waals surface area contributed by atoms with Gasteiger partial charge in [0.1, 0.15) is 11.6 Å². The monoisotopic (exact) mass is 569 g/mol. The van der Waals surface area contributed by atoms with E-state index in [0.29, 0.717) is 17.9 Å². The van der Waals surface area contributed by atoms with Gasteiger partial charge in [-0.05, 0) is 50.6 Å². The van der Waals surface area contributed by atoms with Crippen molar-refractivity contribution in [2.24, 2.45) is 11.8 Å². The van der Waals surface area contributed by atoms with Crippen LogP contribution in [0.4, 0.5) is 32.2 Å². The molecule has 2 N–H and O–H groups in total. The Morgan fingerprint density at radius 3 is 2.21 bits per heavy atom. The first-order chi connectivity index (χ1) is 18.1. The van der Waals surface area contributed by atoms with Crippen molar-refractivity contribution in [3.8, 4) is 0 Å². The first kappa shape index (κ1) is 31.9. The zero-order valence-electron chi connectivity index (χ0n) is 21.1. The summed E-state index contributed by atoms with van der Waals surface area (Å²) in [5.74, 6) is -2.13. The third-order valence-electron chi connectivity index (χ3n) is 5.97. The molecule has 218 valence electrons. The van der Waals surface area contributed by atoms with E-state index in [2.05, 4.69) is 47.0 Å². The van der Waals surface area contributed by atoms with Crippen LogP contribution in [0.3, 0.4) is 0 Å². The molecule has 2 saturated heterocycles. The predicted octanol–water partition coefficient (Wildman–Crippen LogP) is 4.22. The average molecular weight is 569 g/mol. The zero-order valence-corrected chi connectivity index (χ0v) is 21.1. The van der Waals surface area contributed by atoms with Crippen LogP contribution < -0.4 is 4.90 Å². The molecule has 4 rings (SSSR count). The fourth-order valence-corrected chi connectivity index (χ4v) is 4.23. The molecule has 4 heterocycles. The van der Waals surface area contributed by atoms with Gasteiger partial charge in [0.25, 0.3) is 0 Å². The molecule has 0 radical (unpaired) electrons. The molecule has 9 nitrogen and oxygen atoms in total. The number of pyridine rings is 1. The van der Waals surface area contributed by atoms with Crippen LogP contribution in [0.25, 0.3) is 0 Å². The zero-order chi connectivity index (χ0) is 29.4. The minimum absolute atomic E-state index is 0.331. The summed E-state index contributed by atoms with van der Waals surface area (Å²) in [5, 5.41) is 14.2. The standard InChI is InChI=1S/C20H27N3O2.2C2HF3O2/c1-15-5-3-7-20(21-15)23-9-8-18-16(11-23)14-25-19(18)13-22(2)12-17-6-4-10-24-17;2*3-2(4,5)1(6)7/h3-7,10,16,18-19H,8-9,11-14H2,1-2H3;2*(H,6,7)/t16-,18-,19+;;/m0../s1. The highest BCUT2D eigenvalue weighted by molar-refractivity contribution is 5.73. The molecule has 2 aliphatic rings.